The number of hydrogen-bond acceptors (Lipinski definition) is 4. The summed E-state index contributed by atoms with van der Waals surface area (Å²) in [5, 5.41) is 12.1. The lowest BCUT2D eigenvalue weighted by molar-refractivity contribution is -0.00754. The summed E-state index contributed by atoms with van der Waals surface area (Å²) in [6.45, 7) is 1.90. The van der Waals surface area contributed by atoms with Crippen molar-refractivity contribution >= 4 is 6.03 Å². The first-order valence-corrected chi connectivity index (χ1v) is 7.10. The summed E-state index contributed by atoms with van der Waals surface area (Å²) >= 11 is 0. The van der Waals surface area contributed by atoms with Crippen LogP contribution in [0.4, 0.5) is 4.79 Å². The minimum absolute atomic E-state index is 0.0775. The summed E-state index contributed by atoms with van der Waals surface area (Å²) in [7, 11) is 1.63. The maximum Gasteiger partial charge on any atom is 0.317 e. The van der Waals surface area contributed by atoms with Crippen molar-refractivity contribution in [1.82, 2.24) is 10.2 Å². The highest BCUT2D eigenvalue weighted by molar-refractivity contribution is 5.74. The van der Waals surface area contributed by atoms with Crippen LogP contribution in [0.2, 0.25) is 0 Å². The first kappa shape index (κ1) is 15.6. The molecule has 21 heavy (non-hydrogen) atoms. The Morgan fingerprint density at radius 3 is 2.90 bits per heavy atom. The zero-order valence-electron chi connectivity index (χ0n) is 12.2. The number of aliphatic hydroxyl groups excluding tert-OH is 1. The van der Waals surface area contributed by atoms with Gasteiger partial charge in [-0.15, -0.1) is 0 Å². The molecule has 0 radical (unpaired) electrons. The van der Waals surface area contributed by atoms with Gasteiger partial charge in [0.15, 0.2) is 0 Å². The van der Waals surface area contributed by atoms with E-state index < -0.39 is 0 Å². The van der Waals surface area contributed by atoms with Crippen LogP contribution < -0.4 is 10.1 Å². The fraction of sp³-hybridized carbons (Fsp3) is 0.533. The summed E-state index contributed by atoms with van der Waals surface area (Å²) < 4.78 is 10.4. The molecule has 1 aromatic carbocycles. The summed E-state index contributed by atoms with van der Waals surface area (Å²) in [4.78, 5) is 13.7. The predicted molar refractivity (Wildman–Crippen MR) is 78.5 cm³/mol. The van der Waals surface area contributed by atoms with E-state index in [9.17, 15) is 9.90 Å². The molecule has 1 fully saturated rings. The number of urea groups is 1. The Morgan fingerprint density at radius 1 is 1.48 bits per heavy atom. The van der Waals surface area contributed by atoms with Crippen LogP contribution in [0.1, 0.15) is 5.56 Å². The van der Waals surface area contributed by atoms with Crippen molar-refractivity contribution in [2.24, 2.45) is 0 Å². The number of nitrogens with one attached hydrogen (secondary N) is 1. The van der Waals surface area contributed by atoms with Gasteiger partial charge in [0, 0.05) is 13.1 Å². The average Bonchev–Trinajstić information content (AvgIpc) is 2.55. The molecule has 1 aromatic rings. The quantitative estimate of drug-likeness (QED) is 0.836. The predicted octanol–water partition coefficient (Wildman–Crippen LogP) is 0.640. The Bertz CT molecular complexity index is 449. The Kier molecular flexibility index (Phi) is 5.83. The number of nitrogens with zero attached hydrogens (tertiary/aromatic N) is 1. The van der Waals surface area contributed by atoms with E-state index >= 15 is 0 Å². The summed E-state index contributed by atoms with van der Waals surface area (Å²) in [5.74, 6) is 0.821. The lowest BCUT2D eigenvalue weighted by Gasteiger charge is -2.34. The van der Waals surface area contributed by atoms with Gasteiger partial charge >= 0.3 is 6.03 Å². The summed E-state index contributed by atoms with van der Waals surface area (Å²) in [5.41, 5.74) is 1.14. The molecule has 1 heterocycles. The molecule has 2 N–H and O–H groups in total. The number of methoxy groups -OCH3 is 1. The van der Waals surface area contributed by atoms with E-state index in [1.165, 1.54) is 0 Å². The van der Waals surface area contributed by atoms with Gasteiger partial charge < -0.3 is 24.8 Å². The number of ether oxygens (including phenoxy) is 2. The third kappa shape index (κ3) is 4.34. The lowest BCUT2D eigenvalue weighted by Crippen LogP contribution is -2.54. The van der Waals surface area contributed by atoms with Gasteiger partial charge in [0.05, 0.1) is 33.0 Å². The Labute approximate surface area is 124 Å². The van der Waals surface area contributed by atoms with Gasteiger partial charge in [-0.1, -0.05) is 12.1 Å². The molecule has 1 aliphatic rings. The van der Waals surface area contributed by atoms with Crippen molar-refractivity contribution in [3.63, 3.8) is 0 Å². The van der Waals surface area contributed by atoms with E-state index in [1.807, 2.05) is 24.3 Å². The third-order valence-corrected chi connectivity index (χ3v) is 3.55. The first-order valence-electron chi connectivity index (χ1n) is 7.10. The Balaban J connectivity index is 1.77. The molecule has 0 aliphatic carbocycles. The van der Waals surface area contributed by atoms with Crippen LogP contribution in [0.15, 0.2) is 24.3 Å². The smallest absolute Gasteiger partial charge is 0.317 e. The lowest BCUT2D eigenvalue weighted by atomic mass is 10.1. The van der Waals surface area contributed by atoms with Crippen molar-refractivity contribution < 1.29 is 19.4 Å². The SMILES string of the molecule is COc1ccc(CCNC(=O)N2CCOCC2CO)cc1. The van der Waals surface area contributed by atoms with Gasteiger partial charge in [-0.05, 0) is 24.1 Å². The second kappa shape index (κ2) is 7.85. The highest BCUT2D eigenvalue weighted by Gasteiger charge is 2.26. The van der Waals surface area contributed by atoms with E-state index in [0.717, 1.165) is 17.7 Å². The van der Waals surface area contributed by atoms with Gasteiger partial charge in [0.1, 0.15) is 5.75 Å². The molecule has 0 aromatic heterocycles. The van der Waals surface area contributed by atoms with Crippen molar-refractivity contribution in [3.8, 4) is 5.75 Å². The average molecular weight is 294 g/mol. The monoisotopic (exact) mass is 294 g/mol. The van der Waals surface area contributed by atoms with Crippen LogP contribution in [-0.2, 0) is 11.2 Å². The molecule has 1 atom stereocenters. The molecule has 1 saturated heterocycles. The molecule has 2 amide bonds. The van der Waals surface area contributed by atoms with Crippen LogP contribution in [0.5, 0.6) is 5.75 Å². The van der Waals surface area contributed by atoms with Crippen molar-refractivity contribution in [2.75, 3.05) is 40.0 Å². The topological polar surface area (TPSA) is 71.0 Å². The van der Waals surface area contributed by atoms with Crippen molar-refractivity contribution in [2.45, 2.75) is 12.5 Å². The minimum Gasteiger partial charge on any atom is -0.497 e. The number of amides is 2. The first-order chi connectivity index (χ1) is 10.2. The summed E-state index contributed by atoms with van der Waals surface area (Å²) in [6, 6.07) is 7.37. The molecule has 1 aliphatic heterocycles. The Hall–Kier alpha value is -1.79. The van der Waals surface area contributed by atoms with Crippen LogP contribution >= 0.6 is 0 Å². The van der Waals surface area contributed by atoms with E-state index in [0.29, 0.717) is 26.3 Å². The van der Waals surface area contributed by atoms with Crippen LogP contribution in [-0.4, -0.2) is 62.1 Å². The van der Waals surface area contributed by atoms with Crippen molar-refractivity contribution in [1.29, 1.82) is 0 Å². The zero-order chi connectivity index (χ0) is 15.1. The fourth-order valence-electron chi connectivity index (χ4n) is 2.28. The molecule has 2 rings (SSSR count). The molecule has 0 saturated carbocycles. The van der Waals surface area contributed by atoms with Crippen LogP contribution in [0, 0.1) is 0 Å². The number of hydrogen-bond donors (Lipinski definition) is 2. The molecule has 6 heteroatoms. The molecular formula is C15H22N2O4. The van der Waals surface area contributed by atoms with Gasteiger partial charge in [-0.25, -0.2) is 4.79 Å². The number of carbonyl (C=O) groups excluding carboxylic acids is 1. The second-order valence-electron chi connectivity index (χ2n) is 4.93. The van der Waals surface area contributed by atoms with E-state index in [-0.39, 0.29) is 18.7 Å². The largest absolute Gasteiger partial charge is 0.497 e. The molecular weight excluding hydrogens is 272 g/mol. The van der Waals surface area contributed by atoms with Gasteiger partial charge in [0.2, 0.25) is 0 Å². The number of morpholine rings is 1. The van der Waals surface area contributed by atoms with E-state index in [1.54, 1.807) is 12.0 Å². The number of rotatable bonds is 5. The second-order valence-corrected chi connectivity index (χ2v) is 4.93. The highest BCUT2D eigenvalue weighted by Crippen LogP contribution is 2.11. The van der Waals surface area contributed by atoms with Gasteiger partial charge in [0.25, 0.3) is 0 Å². The molecule has 1 unspecified atom stereocenters. The molecule has 0 spiro atoms. The van der Waals surface area contributed by atoms with Gasteiger partial charge in [-0.2, -0.15) is 0 Å². The standard InChI is InChI=1S/C15H22N2O4/c1-20-14-4-2-12(3-5-14)6-7-16-15(19)17-8-9-21-11-13(17)10-18/h2-5,13,18H,6-11H2,1H3,(H,16,19). The maximum atomic E-state index is 12.1. The van der Waals surface area contributed by atoms with E-state index in [4.69, 9.17) is 9.47 Å². The van der Waals surface area contributed by atoms with Crippen LogP contribution in [0.3, 0.4) is 0 Å². The van der Waals surface area contributed by atoms with Crippen molar-refractivity contribution in [3.05, 3.63) is 29.8 Å². The maximum absolute atomic E-state index is 12.1. The fourth-order valence-corrected chi connectivity index (χ4v) is 2.28. The zero-order valence-corrected chi connectivity index (χ0v) is 12.2. The van der Waals surface area contributed by atoms with Crippen LogP contribution in [0.25, 0.3) is 0 Å². The number of benzene rings is 1. The normalized spacial score (nSPS) is 18.4. The molecule has 6 nitrogen and oxygen atoms in total. The third-order valence-electron chi connectivity index (χ3n) is 3.55. The number of carbonyl (C=O) groups is 1. The van der Waals surface area contributed by atoms with Gasteiger partial charge in [-0.3, -0.25) is 0 Å². The molecule has 116 valence electrons. The number of aliphatic hydroxyl groups is 1. The molecule has 0 bridgehead atoms. The summed E-state index contributed by atoms with van der Waals surface area (Å²) in [6.07, 6.45) is 0.754. The Morgan fingerprint density at radius 2 is 2.24 bits per heavy atom. The highest BCUT2D eigenvalue weighted by atomic mass is 16.5. The van der Waals surface area contributed by atoms with E-state index in [2.05, 4.69) is 5.32 Å². The minimum atomic E-state index is -0.250.